The first-order valence-electron chi connectivity index (χ1n) is 4.78. The van der Waals surface area contributed by atoms with Crippen LogP contribution in [0.1, 0.15) is 24.8 Å². The Balaban J connectivity index is 2.92. The molecule has 0 saturated carbocycles. The van der Waals surface area contributed by atoms with Gasteiger partial charge in [-0.3, -0.25) is 0 Å². The summed E-state index contributed by atoms with van der Waals surface area (Å²) < 4.78 is 26.0. The molecular formula is C11H15F2N. The van der Waals surface area contributed by atoms with Crippen molar-refractivity contribution in [2.24, 2.45) is 0 Å². The molecule has 78 valence electrons. The van der Waals surface area contributed by atoms with E-state index in [0.29, 0.717) is 12.1 Å². The second-order valence-corrected chi connectivity index (χ2v) is 3.33. The summed E-state index contributed by atoms with van der Waals surface area (Å²) in [6.07, 6.45) is 0.837. The molecule has 1 nitrogen and oxygen atoms in total. The molecule has 0 aliphatic carbocycles. The Morgan fingerprint density at radius 3 is 2.57 bits per heavy atom. The van der Waals surface area contributed by atoms with Gasteiger partial charge >= 0.3 is 0 Å². The molecule has 0 aromatic heterocycles. The molecule has 14 heavy (non-hydrogen) atoms. The van der Waals surface area contributed by atoms with Crippen molar-refractivity contribution < 1.29 is 8.78 Å². The lowest BCUT2D eigenvalue weighted by atomic mass is 9.96. The van der Waals surface area contributed by atoms with E-state index in [2.05, 4.69) is 5.32 Å². The van der Waals surface area contributed by atoms with Gasteiger partial charge in [0.15, 0.2) is 0 Å². The molecule has 1 atom stereocenters. The normalized spacial score (nSPS) is 12.9. The van der Waals surface area contributed by atoms with Crippen molar-refractivity contribution in [3.63, 3.8) is 0 Å². The SMILES string of the molecule is CCC(CNC)c1ccc(F)cc1F. The zero-order valence-electron chi connectivity index (χ0n) is 8.48. The van der Waals surface area contributed by atoms with Crippen LogP contribution in [-0.4, -0.2) is 13.6 Å². The summed E-state index contributed by atoms with van der Waals surface area (Å²) in [5, 5.41) is 3.00. The van der Waals surface area contributed by atoms with Crippen LogP contribution < -0.4 is 5.32 Å². The molecule has 1 rings (SSSR count). The van der Waals surface area contributed by atoms with Crippen molar-refractivity contribution >= 4 is 0 Å². The summed E-state index contributed by atoms with van der Waals surface area (Å²) in [6, 6.07) is 3.76. The van der Waals surface area contributed by atoms with Gasteiger partial charge in [0.1, 0.15) is 11.6 Å². The van der Waals surface area contributed by atoms with E-state index in [1.165, 1.54) is 12.1 Å². The molecule has 1 unspecified atom stereocenters. The van der Waals surface area contributed by atoms with Gasteiger partial charge in [0.05, 0.1) is 0 Å². The minimum Gasteiger partial charge on any atom is -0.319 e. The van der Waals surface area contributed by atoms with E-state index in [-0.39, 0.29) is 5.92 Å². The van der Waals surface area contributed by atoms with Crippen LogP contribution in [0.4, 0.5) is 8.78 Å². The summed E-state index contributed by atoms with van der Waals surface area (Å²) in [5.74, 6) is -0.863. The van der Waals surface area contributed by atoms with Crippen molar-refractivity contribution in [2.45, 2.75) is 19.3 Å². The van der Waals surface area contributed by atoms with Crippen LogP contribution in [0.5, 0.6) is 0 Å². The van der Waals surface area contributed by atoms with Crippen LogP contribution in [0.15, 0.2) is 18.2 Å². The van der Waals surface area contributed by atoms with Gasteiger partial charge in [-0.05, 0) is 31.0 Å². The van der Waals surface area contributed by atoms with Gasteiger partial charge in [-0.15, -0.1) is 0 Å². The molecule has 0 aliphatic heterocycles. The van der Waals surface area contributed by atoms with Crippen molar-refractivity contribution in [3.8, 4) is 0 Å². The van der Waals surface area contributed by atoms with E-state index >= 15 is 0 Å². The molecule has 1 aromatic carbocycles. The highest BCUT2D eigenvalue weighted by Gasteiger charge is 2.13. The van der Waals surface area contributed by atoms with Crippen LogP contribution in [0, 0.1) is 11.6 Å². The summed E-state index contributed by atoms with van der Waals surface area (Å²) in [4.78, 5) is 0. The lowest BCUT2D eigenvalue weighted by Gasteiger charge is -2.15. The smallest absolute Gasteiger partial charge is 0.129 e. The van der Waals surface area contributed by atoms with Gasteiger partial charge in [-0.2, -0.15) is 0 Å². The third-order valence-electron chi connectivity index (χ3n) is 2.35. The maximum Gasteiger partial charge on any atom is 0.129 e. The summed E-state index contributed by atoms with van der Waals surface area (Å²) in [6.45, 7) is 2.70. The minimum atomic E-state index is -0.523. The van der Waals surface area contributed by atoms with Gasteiger partial charge in [-0.25, -0.2) is 8.78 Å². The highest BCUT2D eigenvalue weighted by molar-refractivity contribution is 5.22. The third-order valence-corrected chi connectivity index (χ3v) is 2.35. The van der Waals surface area contributed by atoms with Crippen molar-refractivity contribution in [3.05, 3.63) is 35.4 Å². The lowest BCUT2D eigenvalue weighted by Crippen LogP contribution is -2.17. The van der Waals surface area contributed by atoms with E-state index in [9.17, 15) is 8.78 Å². The second-order valence-electron chi connectivity index (χ2n) is 3.33. The van der Waals surface area contributed by atoms with E-state index in [1.54, 1.807) is 0 Å². The van der Waals surface area contributed by atoms with Crippen LogP contribution in [0.3, 0.4) is 0 Å². The first-order chi connectivity index (χ1) is 6.69. The molecule has 0 radical (unpaired) electrons. The average molecular weight is 199 g/mol. The largest absolute Gasteiger partial charge is 0.319 e. The Morgan fingerprint density at radius 2 is 2.07 bits per heavy atom. The number of nitrogens with one attached hydrogen (secondary N) is 1. The van der Waals surface area contributed by atoms with E-state index in [4.69, 9.17) is 0 Å². The van der Waals surface area contributed by atoms with Gasteiger partial charge in [0.2, 0.25) is 0 Å². The Bertz CT molecular complexity index is 299. The highest BCUT2D eigenvalue weighted by atomic mass is 19.1. The van der Waals surface area contributed by atoms with Gasteiger partial charge in [0.25, 0.3) is 0 Å². The molecule has 0 aliphatic rings. The summed E-state index contributed by atoms with van der Waals surface area (Å²) in [5.41, 5.74) is 0.586. The average Bonchev–Trinajstić information content (AvgIpc) is 2.15. The molecular weight excluding hydrogens is 184 g/mol. The quantitative estimate of drug-likeness (QED) is 0.786. The Morgan fingerprint density at radius 1 is 1.36 bits per heavy atom. The van der Waals surface area contributed by atoms with Crippen LogP contribution in [-0.2, 0) is 0 Å². The summed E-state index contributed by atoms with van der Waals surface area (Å²) in [7, 11) is 1.82. The van der Waals surface area contributed by atoms with Crippen LogP contribution in [0.25, 0.3) is 0 Å². The standard InChI is InChI=1S/C11H15F2N/c1-3-8(7-14-2)10-5-4-9(12)6-11(10)13/h4-6,8,14H,3,7H2,1-2H3. The number of benzene rings is 1. The second kappa shape index (κ2) is 5.05. The molecule has 0 heterocycles. The molecule has 1 aromatic rings. The fourth-order valence-electron chi connectivity index (χ4n) is 1.55. The number of likely N-dealkylation sites (N-methyl/N-ethyl adjacent to an activating group) is 1. The number of rotatable bonds is 4. The molecule has 0 saturated heterocycles. The van der Waals surface area contributed by atoms with Crippen molar-refractivity contribution in [2.75, 3.05) is 13.6 Å². The third kappa shape index (κ3) is 2.51. The minimum absolute atomic E-state index is 0.112. The van der Waals surface area contributed by atoms with Crippen molar-refractivity contribution in [1.29, 1.82) is 0 Å². The fraction of sp³-hybridized carbons (Fsp3) is 0.455. The van der Waals surface area contributed by atoms with E-state index < -0.39 is 11.6 Å². The topological polar surface area (TPSA) is 12.0 Å². The molecule has 3 heteroatoms. The molecule has 1 N–H and O–H groups in total. The molecule has 0 amide bonds. The zero-order valence-corrected chi connectivity index (χ0v) is 8.48. The monoisotopic (exact) mass is 199 g/mol. The Labute approximate surface area is 83.1 Å². The first kappa shape index (κ1) is 11.1. The fourth-order valence-corrected chi connectivity index (χ4v) is 1.55. The van der Waals surface area contributed by atoms with Gasteiger partial charge in [0, 0.05) is 12.6 Å². The van der Waals surface area contributed by atoms with Crippen LogP contribution in [0.2, 0.25) is 0 Å². The molecule has 0 fully saturated rings. The van der Waals surface area contributed by atoms with Gasteiger partial charge < -0.3 is 5.32 Å². The highest BCUT2D eigenvalue weighted by Crippen LogP contribution is 2.22. The molecule has 0 spiro atoms. The first-order valence-corrected chi connectivity index (χ1v) is 4.78. The number of halogens is 2. The Kier molecular flexibility index (Phi) is 4.01. The maximum atomic E-state index is 13.3. The lowest BCUT2D eigenvalue weighted by molar-refractivity contribution is 0.534. The number of hydrogen-bond acceptors (Lipinski definition) is 1. The van der Waals surface area contributed by atoms with E-state index in [0.717, 1.165) is 12.5 Å². The van der Waals surface area contributed by atoms with E-state index in [1.807, 2.05) is 14.0 Å². The summed E-state index contributed by atoms with van der Waals surface area (Å²) >= 11 is 0. The zero-order chi connectivity index (χ0) is 10.6. The van der Waals surface area contributed by atoms with Crippen LogP contribution >= 0.6 is 0 Å². The maximum absolute atomic E-state index is 13.3. The predicted molar refractivity (Wildman–Crippen MR) is 53.3 cm³/mol. The van der Waals surface area contributed by atoms with Crippen molar-refractivity contribution in [1.82, 2.24) is 5.32 Å². The molecule has 0 bridgehead atoms. The number of hydrogen-bond donors (Lipinski definition) is 1. The predicted octanol–water partition coefficient (Wildman–Crippen LogP) is 2.68. The van der Waals surface area contributed by atoms with Gasteiger partial charge in [-0.1, -0.05) is 13.0 Å². The Hall–Kier alpha value is -0.960.